The molecule has 0 heterocycles. The first-order chi connectivity index (χ1) is 12.4. The number of anilines is 2. The first kappa shape index (κ1) is 18.9. The maximum absolute atomic E-state index is 12.2. The van der Waals surface area contributed by atoms with E-state index in [0.717, 1.165) is 0 Å². The highest BCUT2D eigenvalue weighted by molar-refractivity contribution is 5.97. The number of nitrogens with one attached hydrogen (secondary N) is 1. The molecule has 2 aromatic carbocycles. The lowest BCUT2D eigenvalue weighted by atomic mass is 10.1. The van der Waals surface area contributed by atoms with E-state index in [9.17, 15) is 14.4 Å². The maximum atomic E-state index is 12.2. The highest BCUT2D eigenvalue weighted by atomic mass is 16.2. The standard InChI is InChI=1S/C20H19N3O3/c1-14(24)17-4-3-5-18(12-17)22-20(26)10-11-23(15(2)25)19-8-6-16(13-21)7-9-19/h3-9,12H,10-11H2,1-2H3,(H,22,26). The number of Topliss-reactive ketones (excluding diaryl/α,β-unsaturated/α-hetero) is 1. The van der Waals surface area contributed by atoms with Crippen LogP contribution in [0.1, 0.15) is 36.2 Å². The second-order valence-corrected chi connectivity index (χ2v) is 5.76. The molecule has 1 N–H and O–H groups in total. The summed E-state index contributed by atoms with van der Waals surface area (Å²) in [7, 11) is 0. The van der Waals surface area contributed by atoms with Gasteiger partial charge in [-0.3, -0.25) is 14.4 Å². The Kier molecular flexibility index (Phi) is 6.23. The Balaban J connectivity index is 2.01. The molecular formula is C20H19N3O3. The molecule has 2 rings (SSSR count). The van der Waals surface area contributed by atoms with Gasteiger partial charge in [-0.15, -0.1) is 0 Å². The molecule has 2 amide bonds. The van der Waals surface area contributed by atoms with Gasteiger partial charge in [0.05, 0.1) is 11.6 Å². The van der Waals surface area contributed by atoms with E-state index >= 15 is 0 Å². The highest BCUT2D eigenvalue weighted by Gasteiger charge is 2.14. The van der Waals surface area contributed by atoms with Crippen LogP contribution in [0.25, 0.3) is 0 Å². The SMILES string of the molecule is CC(=O)c1cccc(NC(=O)CCN(C(C)=O)c2ccc(C#N)cc2)c1. The third-order valence-corrected chi connectivity index (χ3v) is 3.80. The molecule has 0 fully saturated rings. The van der Waals surface area contributed by atoms with Crippen LogP contribution in [0.15, 0.2) is 48.5 Å². The van der Waals surface area contributed by atoms with Crippen LogP contribution in [-0.2, 0) is 9.59 Å². The van der Waals surface area contributed by atoms with Gasteiger partial charge in [-0.25, -0.2) is 0 Å². The molecule has 0 radical (unpaired) electrons. The van der Waals surface area contributed by atoms with Crippen molar-refractivity contribution in [2.24, 2.45) is 0 Å². The molecule has 6 heteroatoms. The average Bonchev–Trinajstić information content (AvgIpc) is 2.62. The Bertz CT molecular complexity index is 867. The lowest BCUT2D eigenvalue weighted by molar-refractivity contribution is -0.117. The van der Waals surface area contributed by atoms with Gasteiger partial charge < -0.3 is 10.2 Å². The minimum absolute atomic E-state index is 0.0790. The Morgan fingerprint density at radius 2 is 1.77 bits per heavy atom. The van der Waals surface area contributed by atoms with Gasteiger partial charge >= 0.3 is 0 Å². The van der Waals surface area contributed by atoms with Gasteiger partial charge in [-0.1, -0.05) is 12.1 Å². The number of rotatable bonds is 6. The number of nitrogens with zero attached hydrogens (tertiary/aromatic N) is 2. The fourth-order valence-corrected chi connectivity index (χ4v) is 2.44. The quantitative estimate of drug-likeness (QED) is 0.811. The van der Waals surface area contributed by atoms with Gasteiger partial charge in [0, 0.05) is 36.8 Å². The van der Waals surface area contributed by atoms with Gasteiger partial charge in [-0.05, 0) is 43.3 Å². The summed E-state index contributed by atoms with van der Waals surface area (Å²) in [4.78, 5) is 36.9. The number of benzene rings is 2. The van der Waals surface area contributed by atoms with Crippen molar-refractivity contribution in [3.8, 4) is 6.07 Å². The number of amides is 2. The van der Waals surface area contributed by atoms with Crippen LogP contribution >= 0.6 is 0 Å². The summed E-state index contributed by atoms with van der Waals surface area (Å²) in [5, 5.41) is 11.6. The summed E-state index contributed by atoms with van der Waals surface area (Å²) in [6.45, 7) is 3.09. The summed E-state index contributed by atoms with van der Waals surface area (Å²) in [5.74, 6) is -0.531. The summed E-state index contributed by atoms with van der Waals surface area (Å²) >= 11 is 0. The Hall–Kier alpha value is -3.46. The van der Waals surface area contributed by atoms with Gasteiger partial charge in [0.2, 0.25) is 11.8 Å². The molecule has 2 aromatic rings. The maximum Gasteiger partial charge on any atom is 0.226 e. The van der Waals surface area contributed by atoms with Gasteiger partial charge in [0.15, 0.2) is 5.78 Å². The molecule has 0 unspecified atom stereocenters. The summed E-state index contributed by atoms with van der Waals surface area (Å²) in [5.41, 5.74) is 2.18. The number of carbonyl (C=O) groups is 3. The van der Waals surface area contributed by atoms with Crippen LogP contribution < -0.4 is 10.2 Å². The number of carbonyl (C=O) groups excluding carboxylic acids is 3. The van der Waals surface area contributed by atoms with Crippen LogP contribution in [0, 0.1) is 11.3 Å². The molecular weight excluding hydrogens is 330 g/mol. The lowest BCUT2D eigenvalue weighted by Crippen LogP contribution is -2.31. The van der Waals surface area contributed by atoms with Crippen molar-refractivity contribution in [2.45, 2.75) is 20.3 Å². The molecule has 0 aliphatic carbocycles. The number of hydrogen-bond donors (Lipinski definition) is 1. The van der Waals surface area contributed by atoms with E-state index in [-0.39, 0.29) is 30.6 Å². The molecule has 0 atom stereocenters. The zero-order valence-electron chi connectivity index (χ0n) is 14.7. The largest absolute Gasteiger partial charge is 0.326 e. The van der Waals surface area contributed by atoms with E-state index in [2.05, 4.69) is 5.32 Å². The van der Waals surface area contributed by atoms with Crippen LogP contribution in [0.5, 0.6) is 0 Å². The Morgan fingerprint density at radius 3 is 2.35 bits per heavy atom. The van der Waals surface area contributed by atoms with Crippen molar-refractivity contribution in [1.82, 2.24) is 0 Å². The molecule has 0 aliphatic heterocycles. The van der Waals surface area contributed by atoms with Crippen molar-refractivity contribution in [3.63, 3.8) is 0 Å². The van der Waals surface area contributed by atoms with Crippen molar-refractivity contribution in [2.75, 3.05) is 16.8 Å². The van der Waals surface area contributed by atoms with Crippen molar-refractivity contribution >= 4 is 29.0 Å². The first-order valence-electron chi connectivity index (χ1n) is 8.10. The zero-order valence-corrected chi connectivity index (χ0v) is 14.7. The summed E-state index contributed by atoms with van der Waals surface area (Å²) < 4.78 is 0. The van der Waals surface area contributed by atoms with Gasteiger partial charge in [0.25, 0.3) is 0 Å². The number of nitriles is 1. The minimum atomic E-state index is -0.259. The third-order valence-electron chi connectivity index (χ3n) is 3.80. The van der Waals surface area contributed by atoms with Crippen molar-refractivity contribution in [3.05, 3.63) is 59.7 Å². The smallest absolute Gasteiger partial charge is 0.226 e. The van der Waals surface area contributed by atoms with E-state index in [0.29, 0.717) is 22.5 Å². The first-order valence-corrected chi connectivity index (χ1v) is 8.10. The van der Waals surface area contributed by atoms with Crippen molar-refractivity contribution in [1.29, 1.82) is 5.26 Å². The Labute approximate surface area is 152 Å². The normalized spacial score (nSPS) is 9.88. The molecule has 6 nitrogen and oxygen atoms in total. The lowest BCUT2D eigenvalue weighted by Gasteiger charge is -2.21. The predicted molar refractivity (Wildman–Crippen MR) is 98.9 cm³/mol. The predicted octanol–water partition coefficient (Wildman–Crippen LogP) is 3.14. The van der Waals surface area contributed by atoms with E-state index in [1.165, 1.54) is 18.7 Å². The van der Waals surface area contributed by atoms with E-state index in [1.54, 1.807) is 48.5 Å². The number of hydrogen-bond acceptors (Lipinski definition) is 4. The number of ketones is 1. The van der Waals surface area contributed by atoms with Crippen LogP contribution in [-0.4, -0.2) is 24.1 Å². The van der Waals surface area contributed by atoms with Gasteiger partial charge in [0.1, 0.15) is 0 Å². The molecule has 0 aliphatic rings. The topological polar surface area (TPSA) is 90.3 Å². The Morgan fingerprint density at radius 1 is 1.08 bits per heavy atom. The third kappa shape index (κ3) is 5.02. The molecule has 0 bridgehead atoms. The van der Waals surface area contributed by atoms with Crippen molar-refractivity contribution < 1.29 is 14.4 Å². The summed E-state index contributed by atoms with van der Waals surface area (Å²) in [6, 6.07) is 15.3. The fourth-order valence-electron chi connectivity index (χ4n) is 2.44. The average molecular weight is 349 g/mol. The monoisotopic (exact) mass is 349 g/mol. The second kappa shape index (κ2) is 8.58. The van der Waals surface area contributed by atoms with E-state index in [1.807, 2.05) is 6.07 Å². The van der Waals surface area contributed by atoms with Crippen LogP contribution in [0.2, 0.25) is 0 Å². The molecule has 132 valence electrons. The highest BCUT2D eigenvalue weighted by Crippen LogP contribution is 2.16. The van der Waals surface area contributed by atoms with E-state index in [4.69, 9.17) is 5.26 Å². The zero-order chi connectivity index (χ0) is 19.1. The molecule has 0 aromatic heterocycles. The van der Waals surface area contributed by atoms with Gasteiger partial charge in [-0.2, -0.15) is 5.26 Å². The molecule has 26 heavy (non-hydrogen) atoms. The second-order valence-electron chi connectivity index (χ2n) is 5.76. The summed E-state index contributed by atoms with van der Waals surface area (Å²) in [6.07, 6.45) is 0.101. The molecule has 0 saturated carbocycles. The molecule has 0 spiro atoms. The minimum Gasteiger partial charge on any atom is -0.326 e. The van der Waals surface area contributed by atoms with E-state index < -0.39 is 0 Å². The van der Waals surface area contributed by atoms with Crippen LogP contribution in [0.3, 0.4) is 0 Å². The van der Waals surface area contributed by atoms with Crippen LogP contribution in [0.4, 0.5) is 11.4 Å². The fraction of sp³-hybridized carbons (Fsp3) is 0.200. The molecule has 0 saturated heterocycles.